The first-order valence-corrected chi connectivity index (χ1v) is 4.56. The van der Waals surface area contributed by atoms with Gasteiger partial charge in [-0.05, 0) is 19.9 Å². The lowest BCUT2D eigenvalue weighted by atomic mass is 9.97. The SMILES string of the molecule is CC(C)(O)Cc1c(F)ccc([N+](=O)[O-])c1F. The molecule has 16 heavy (non-hydrogen) atoms. The minimum absolute atomic E-state index is 0.327. The predicted octanol–water partition coefficient (Wildman–Crippen LogP) is 2.19. The molecule has 0 radical (unpaired) electrons. The first kappa shape index (κ1) is 12.5. The summed E-state index contributed by atoms with van der Waals surface area (Å²) in [5.74, 6) is -2.13. The highest BCUT2D eigenvalue weighted by molar-refractivity contribution is 5.38. The molecule has 4 nitrogen and oxygen atoms in total. The molecule has 0 fully saturated rings. The Hall–Kier alpha value is -1.56. The summed E-state index contributed by atoms with van der Waals surface area (Å²) in [6, 6.07) is 1.58. The van der Waals surface area contributed by atoms with E-state index in [0.29, 0.717) is 0 Å². The number of nitro benzene ring substituents is 1. The molecule has 0 atom stereocenters. The number of nitrogens with zero attached hydrogens (tertiary/aromatic N) is 1. The van der Waals surface area contributed by atoms with Gasteiger partial charge in [0.25, 0.3) is 0 Å². The van der Waals surface area contributed by atoms with E-state index in [9.17, 15) is 24.0 Å². The lowest BCUT2D eigenvalue weighted by Gasteiger charge is -2.17. The van der Waals surface area contributed by atoms with Crippen LogP contribution in [0.15, 0.2) is 12.1 Å². The van der Waals surface area contributed by atoms with Crippen molar-refractivity contribution in [1.82, 2.24) is 0 Å². The van der Waals surface area contributed by atoms with E-state index in [0.717, 1.165) is 12.1 Å². The summed E-state index contributed by atoms with van der Waals surface area (Å²) >= 11 is 0. The minimum atomic E-state index is -1.34. The van der Waals surface area contributed by atoms with Gasteiger partial charge in [-0.1, -0.05) is 0 Å². The van der Waals surface area contributed by atoms with Crippen molar-refractivity contribution in [3.05, 3.63) is 39.4 Å². The summed E-state index contributed by atoms with van der Waals surface area (Å²) in [4.78, 5) is 9.50. The van der Waals surface area contributed by atoms with Crippen molar-refractivity contribution in [2.75, 3.05) is 0 Å². The summed E-state index contributed by atoms with van der Waals surface area (Å²) in [5, 5.41) is 19.9. The van der Waals surface area contributed by atoms with Gasteiger partial charge in [-0.3, -0.25) is 10.1 Å². The van der Waals surface area contributed by atoms with Crippen LogP contribution >= 0.6 is 0 Å². The molecule has 1 rings (SSSR count). The molecular weight excluding hydrogens is 220 g/mol. The Kier molecular flexibility index (Phi) is 3.23. The topological polar surface area (TPSA) is 63.4 Å². The van der Waals surface area contributed by atoms with Gasteiger partial charge in [-0.25, -0.2) is 4.39 Å². The summed E-state index contributed by atoms with van der Waals surface area (Å²) in [6.45, 7) is 2.73. The van der Waals surface area contributed by atoms with E-state index in [2.05, 4.69) is 0 Å². The molecule has 0 saturated heterocycles. The van der Waals surface area contributed by atoms with Crippen LogP contribution in [0.4, 0.5) is 14.5 Å². The van der Waals surface area contributed by atoms with Crippen LogP contribution in [0.3, 0.4) is 0 Å². The van der Waals surface area contributed by atoms with Crippen LogP contribution in [0, 0.1) is 21.7 Å². The molecule has 0 aliphatic carbocycles. The molecule has 0 spiro atoms. The fourth-order valence-electron chi connectivity index (χ4n) is 1.32. The van der Waals surface area contributed by atoms with Gasteiger partial charge in [0.15, 0.2) is 0 Å². The highest BCUT2D eigenvalue weighted by Gasteiger charge is 2.25. The number of benzene rings is 1. The summed E-state index contributed by atoms with van der Waals surface area (Å²) < 4.78 is 26.8. The van der Waals surface area contributed by atoms with Crippen molar-refractivity contribution >= 4 is 5.69 Å². The summed E-state index contributed by atoms with van der Waals surface area (Å²) in [5.41, 5.74) is -2.60. The van der Waals surface area contributed by atoms with Crippen molar-refractivity contribution in [3.63, 3.8) is 0 Å². The maximum atomic E-state index is 13.5. The Balaban J connectivity index is 3.27. The fraction of sp³-hybridized carbons (Fsp3) is 0.400. The van der Waals surface area contributed by atoms with E-state index < -0.39 is 33.4 Å². The lowest BCUT2D eigenvalue weighted by molar-refractivity contribution is -0.387. The highest BCUT2D eigenvalue weighted by Crippen LogP contribution is 2.26. The summed E-state index contributed by atoms with van der Waals surface area (Å²) in [6.07, 6.45) is -0.327. The molecular formula is C10H11F2NO3. The number of rotatable bonds is 3. The van der Waals surface area contributed by atoms with Crippen molar-refractivity contribution in [1.29, 1.82) is 0 Å². The van der Waals surface area contributed by atoms with Crippen molar-refractivity contribution in [2.24, 2.45) is 0 Å². The van der Waals surface area contributed by atoms with Crippen LogP contribution in [-0.2, 0) is 6.42 Å². The summed E-state index contributed by atoms with van der Waals surface area (Å²) in [7, 11) is 0. The Morgan fingerprint density at radius 3 is 2.44 bits per heavy atom. The van der Waals surface area contributed by atoms with Crippen molar-refractivity contribution in [3.8, 4) is 0 Å². The van der Waals surface area contributed by atoms with Gasteiger partial charge in [0.2, 0.25) is 5.82 Å². The zero-order valence-corrected chi connectivity index (χ0v) is 8.83. The van der Waals surface area contributed by atoms with Gasteiger partial charge in [-0.15, -0.1) is 0 Å². The van der Waals surface area contributed by atoms with Crippen LogP contribution in [0.2, 0.25) is 0 Å². The van der Waals surface area contributed by atoms with Crippen LogP contribution < -0.4 is 0 Å². The van der Waals surface area contributed by atoms with E-state index in [-0.39, 0.29) is 6.42 Å². The third-order valence-electron chi connectivity index (χ3n) is 1.97. The van der Waals surface area contributed by atoms with E-state index in [1.807, 2.05) is 0 Å². The molecule has 0 aliphatic heterocycles. The second kappa shape index (κ2) is 4.13. The molecule has 0 amide bonds. The minimum Gasteiger partial charge on any atom is -0.390 e. The van der Waals surface area contributed by atoms with Gasteiger partial charge >= 0.3 is 5.69 Å². The molecule has 0 heterocycles. The number of halogens is 2. The van der Waals surface area contributed by atoms with E-state index >= 15 is 0 Å². The maximum absolute atomic E-state index is 13.5. The second-order valence-corrected chi connectivity index (χ2v) is 4.11. The molecule has 0 aliphatic rings. The van der Waals surface area contributed by atoms with Crippen LogP contribution in [0.1, 0.15) is 19.4 Å². The highest BCUT2D eigenvalue weighted by atomic mass is 19.1. The zero-order chi connectivity index (χ0) is 12.5. The third-order valence-corrected chi connectivity index (χ3v) is 1.97. The molecule has 1 N–H and O–H groups in total. The number of aliphatic hydroxyl groups is 1. The molecule has 0 unspecified atom stereocenters. The molecule has 0 bridgehead atoms. The van der Waals surface area contributed by atoms with Gasteiger partial charge in [0.1, 0.15) is 5.82 Å². The third kappa shape index (κ3) is 2.73. The van der Waals surface area contributed by atoms with Crippen LogP contribution in [0.25, 0.3) is 0 Å². The Labute approximate surface area is 90.7 Å². The first-order valence-electron chi connectivity index (χ1n) is 4.56. The Bertz CT molecular complexity index is 427. The second-order valence-electron chi connectivity index (χ2n) is 4.11. The van der Waals surface area contributed by atoms with Gasteiger partial charge in [-0.2, -0.15) is 4.39 Å². The normalized spacial score (nSPS) is 11.6. The fourth-order valence-corrected chi connectivity index (χ4v) is 1.32. The number of hydrogen-bond donors (Lipinski definition) is 1. The van der Waals surface area contributed by atoms with E-state index in [1.165, 1.54) is 13.8 Å². The molecule has 1 aromatic rings. The molecule has 88 valence electrons. The monoisotopic (exact) mass is 231 g/mol. The quantitative estimate of drug-likeness (QED) is 0.640. The molecule has 6 heteroatoms. The van der Waals surface area contributed by atoms with E-state index in [1.54, 1.807) is 0 Å². The Morgan fingerprint density at radius 2 is 2.00 bits per heavy atom. The standard InChI is InChI=1S/C10H11F2NO3/c1-10(2,14)5-6-7(11)3-4-8(9(6)12)13(15)16/h3-4,14H,5H2,1-2H3. The average Bonchev–Trinajstić information content (AvgIpc) is 2.10. The smallest absolute Gasteiger partial charge is 0.305 e. The van der Waals surface area contributed by atoms with Crippen molar-refractivity contribution < 1.29 is 18.8 Å². The van der Waals surface area contributed by atoms with Crippen LogP contribution in [0.5, 0.6) is 0 Å². The molecule has 1 aromatic carbocycles. The van der Waals surface area contributed by atoms with Gasteiger partial charge in [0.05, 0.1) is 10.5 Å². The van der Waals surface area contributed by atoms with Crippen LogP contribution in [-0.4, -0.2) is 15.6 Å². The van der Waals surface area contributed by atoms with Crippen molar-refractivity contribution in [2.45, 2.75) is 25.9 Å². The largest absolute Gasteiger partial charge is 0.390 e. The maximum Gasteiger partial charge on any atom is 0.305 e. The zero-order valence-electron chi connectivity index (χ0n) is 8.83. The Morgan fingerprint density at radius 1 is 1.44 bits per heavy atom. The average molecular weight is 231 g/mol. The number of nitro groups is 1. The molecule has 0 aromatic heterocycles. The predicted molar refractivity (Wildman–Crippen MR) is 53.0 cm³/mol. The van der Waals surface area contributed by atoms with Gasteiger partial charge < -0.3 is 5.11 Å². The lowest BCUT2D eigenvalue weighted by Crippen LogP contribution is -2.23. The van der Waals surface area contributed by atoms with Gasteiger partial charge in [0, 0.05) is 18.1 Å². The number of hydrogen-bond acceptors (Lipinski definition) is 3. The first-order chi connectivity index (χ1) is 7.22. The van der Waals surface area contributed by atoms with E-state index in [4.69, 9.17) is 0 Å². The molecule has 0 saturated carbocycles.